The van der Waals surface area contributed by atoms with Gasteiger partial charge in [-0.2, -0.15) is 0 Å². The summed E-state index contributed by atoms with van der Waals surface area (Å²) in [6, 6.07) is 0.489. The quantitative estimate of drug-likeness (QED) is 0.639. The van der Waals surface area contributed by atoms with E-state index < -0.39 is 5.97 Å². The van der Waals surface area contributed by atoms with Crippen LogP contribution in [0.1, 0.15) is 40.0 Å². The molecule has 0 amide bonds. The van der Waals surface area contributed by atoms with Gasteiger partial charge < -0.3 is 10.4 Å². The number of carboxylic acid groups (broad SMARTS) is 1. The van der Waals surface area contributed by atoms with E-state index in [0.29, 0.717) is 6.04 Å². The largest absolute Gasteiger partial charge is 0.481 e. The summed E-state index contributed by atoms with van der Waals surface area (Å²) >= 11 is 0. The van der Waals surface area contributed by atoms with Gasteiger partial charge in [-0.05, 0) is 25.8 Å². The Hall–Kier alpha value is -0.570. The average molecular weight is 187 g/mol. The number of rotatable bonds is 7. The molecule has 3 heteroatoms. The van der Waals surface area contributed by atoms with Gasteiger partial charge in [0, 0.05) is 12.5 Å². The predicted octanol–water partition coefficient (Wildman–Crippen LogP) is 1.88. The van der Waals surface area contributed by atoms with Crippen LogP contribution in [0, 0.1) is 5.92 Å². The maximum absolute atomic E-state index is 10.5. The van der Waals surface area contributed by atoms with Gasteiger partial charge in [0.15, 0.2) is 0 Å². The Morgan fingerprint density at radius 2 is 2.00 bits per heavy atom. The van der Waals surface area contributed by atoms with Gasteiger partial charge in [0.1, 0.15) is 0 Å². The van der Waals surface area contributed by atoms with Crippen molar-refractivity contribution in [3.8, 4) is 0 Å². The molecular formula is C10H21NO2. The molecule has 0 aliphatic rings. The molecule has 0 aliphatic heterocycles. The molecule has 3 nitrogen and oxygen atoms in total. The highest BCUT2D eigenvalue weighted by atomic mass is 16.4. The van der Waals surface area contributed by atoms with Gasteiger partial charge >= 0.3 is 5.97 Å². The van der Waals surface area contributed by atoms with Crippen molar-refractivity contribution in [3.63, 3.8) is 0 Å². The third-order valence-electron chi connectivity index (χ3n) is 2.41. The minimum absolute atomic E-state index is 0.270. The lowest BCUT2D eigenvalue weighted by molar-refractivity contribution is -0.138. The van der Waals surface area contributed by atoms with Crippen LogP contribution in [0.15, 0.2) is 0 Å². The average Bonchev–Trinajstić information content (AvgIpc) is 2.10. The molecule has 2 unspecified atom stereocenters. The monoisotopic (exact) mass is 187 g/mol. The van der Waals surface area contributed by atoms with E-state index >= 15 is 0 Å². The Balaban J connectivity index is 3.65. The van der Waals surface area contributed by atoms with Gasteiger partial charge in [0.05, 0.1) is 0 Å². The van der Waals surface area contributed by atoms with Crippen molar-refractivity contribution in [1.82, 2.24) is 5.32 Å². The van der Waals surface area contributed by atoms with Crippen LogP contribution in [0.2, 0.25) is 0 Å². The van der Waals surface area contributed by atoms with Crippen molar-refractivity contribution < 1.29 is 9.90 Å². The molecule has 0 aromatic carbocycles. The van der Waals surface area contributed by atoms with E-state index in [1.807, 2.05) is 6.92 Å². The van der Waals surface area contributed by atoms with Gasteiger partial charge in [0.2, 0.25) is 0 Å². The molecule has 78 valence electrons. The Kier molecular flexibility index (Phi) is 6.59. The van der Waals surface area contributed by atoms with Crippen molar-refractivity contribution in [2.45, 2.75) is 46.1 Å². The normalized spacial score (nSPS) is 15.3. The highest BCUT2D eigenvalue weighted by Crippen LogP contribution is 2.07. The summed E-state index contributed by atoms with van der Waals surface area (Å²) in [6.45, 7) is 7.09. The predicted molar refractivity (Wildman–Crippen MR) is 53.8 cm³/mol. The fraction of sp³-hybridized carbons (Fsp3) is 0.900. The molecule has 0 aromatic heterocycles. The summed E-state index contributed by atoms with van der Waals surface area (Å²) in [5, 5.41) is 11.9. The first kappa shape index (κ1) is 12.4. The lowest BCUT2D eigenvalue weighted by Gasteiger charge is -2.17. The summed E-state index contributed by atoms with van der Waals surface area (Å²) in [4.78, 5) is 10.5. The third kappa shape index (κ3) is 6.58. The first-order valence-electron chi connectivity index (χ1n) is 5.05. The third-order valence-corrected chi connectivity index (χ3v) is 2.41. The van der Waals surface area contributed by atoms with Crippen LogP contribution < -0.4 is 5.32 Å². The molecule has 0 fully saturated rings. The molecule has 0 spiro atoms. The van der Waals surface area contributed by atoms with E-state index in [2.05, 4.69) is 19.2 Å². The van der Waals surface area contributed by atoms with Crippen molar-refractivity contribution in [2.75, 3.05) is 6.54 Å². The fourth-order valence-corrected chi connectivity index (χ4v) is 1.12. The van der Waals surface area contributed by atoms with Gasteiger partial charge in [0.25, 0.3) is 0 Å². The molecule has 13 heavy (non-hydrogen) atoms. The zero-order valence-electron chi connectivity index (χ0n) is 8.84. The zero-order chi connectivity index (χ0) is 10.3. The van der Waals surface area contributed by atoms with Crippen molar-refractivity contribution in [3.05, 3.63) is 0 Å². The molecule has 0 bridgehead atoms. The van der Waals surface area contributed by atoms with E-state index in [0.717, 1.165) is 19.4 Å². The molecule has 2 N–H and O–H groups in total. The van der Waals surface area contributed by atoms with Crippen LogP contribution >= 0.6 is 0 Å². The number of hydrogen-bond donors (Lipinski definition) is 2. The lowest BCUT2D eigenvalue weighted by Crippen LogP contribution is -2.31. The fourth-order valence-electron chi connectivity index (χ4n) is 1.12. The van der Waals surface area contributed by atoms with E-state index in [1.165, 1.54) is 0 Å². The van der Waals surface area contributed by atoms with E-state index in [1.54, 1.807) is 0 Å². The van der Waals surface area contributed by atoms with Crippen LogP contribution in [0.4, 0.5) is 0 Å². The number of aliphatic carboxylic acids is 1. The molecule has 2 atom stereocenters. The highest BCUT2D eigenvalue weighted by Gasteiger charge is 2.11. The number of carboxylic acids is 1. The van der Waals surface area contributed by atoms with Crippen molar-refractivity contribution >= 4 is 5.97 Å². The van der Waals surface area contributed by atoms with Gasteiger partial charge in [-0.25, -0.2) is 0 Å². The van der Waals surface area contributed by atoms with Crippen molar-refractivity contribution in [2.24, 2.45) is 5.92 Å². The summed E-state index contributed by atoms with van der Waals surface area (Å²) in [7, 11) is 0. The minimum atomic E-state index is -0.696. The summed E-state index contributed by atoms with van der Waals surface area (Å²) < 4.78 is 0. The first-order valence-corrected chi connectivity index (χ1v) is 5.05. The molecule has 0 saturated carbocycles. The Labute approximate surface area is 80.5 Å². The number of carbonyl (C=O) groups is 1. The number of nitrogens with one attached hydrogen (secondary N) is 1. The molecule has 0 aliphatic carbocycles. The Morgan fingerprint density at radius 1 is 1.38 bits per heavy atom. The SMILES string of the molecule is CCC(CNC(C)CC)CC(=O)O. The lowest BCUT2D eigenvalue weighted by atomic mass is 10.0. The second kappa shape index (κ2) is 6.89. The van der Waals surface area contributed by atoms with Gasteiger partial charge in [-0.3, -0.25) is 4.79 Å². The second-order valence-corrected chi connectivity index (χ2v) is 3.59. The minimum Gasteiger partial charge on any atom is -0.481 e. The van der Waals surface area contributed by atoms with E-state index in [9.17, 15) is 4.79 Å². The highest BCUT2D eigenvalue weighted by molar-refractivity contribution is 5.67. The molecule has 0 saturated heterocycles. The van der Waals surface area contributed by atoms with Gasteiger partial charge in [-0.1, -0.05) is 20.3 Å². The van der Waals surface area contributed by atoms with E-state index in [4.69, 9.17) is 5.11 Å². The van der Waals surface area contributed by atoms with Gasteiger partial charge in [-0.15, -0.1) is 0 Å². The molecule has 0 heterocycles. The van der Waals surface area contributed by atoms with Crippen LogP contribution in [0.5, 0.6) is 0 Å². The smallest absolute Gasteiger partial charge is 0.303 e. The zero-order valence-corrected chi connectivity index (χ0v) is 8.84. The summed E-state index contributed by atoms with van der Waals surface area (Å²) in [5.41, 5.74) is 0. The Morgan fingerprint density at radius 3 is 2.38 bits per heavy atom. The maximum Gasteiger partial charge on any atom is 0.303 e. The molecule has 0 aromatic rings. The van der Waals surface area contributed by atoms with E-state index in [-0.39, 0.29) is 12.3 Å². The summed E-state index contributed by atoms with van der Waals surface area (Å²) in [5.74, 6) is -0.427. The van der Waals surface area contributed by atoms with Crippen molar-refractivity contribution in [1.29, 1.82) is 0 Å². The molecule has 0 rings (SSSR count). The topological polar surface area (TPSA) is 49.3 Å². The van der Waals surface area contributed by atoms with Crippen LogP contribution in [0.3, 0.4) is 0 Å². The van der Waals surface area contributed by atoms with Crippen LogP contribution in [-0.4, -0.2) is 23.7 Å². The van der Waals surface area contributed by atoms with Crippen LogP contribution in [-0.2, 0) is 4.79 Å². The number of hydrogen-bond acceptors (Lipinski definition) is 2. The Bertz CT molecular complexity index is 148. The maximum atomic E-state index is 10.5. The standard InChI is InChI=1S/C10H21NO2/c1-4-8(3)11-7-9(5-2)6-10(12)13/h8-9,11H,4-7H2,1-3H3,(H,12,13). The molecule has 0 radical (unpaired) electrons. The summed E-state index contributed by atoms with van der Waals surface area (Å²) in [6.07, 6.45) is 2.29. The second-order valence-electron chi connectivity index (χ2n) is 3.59. The molecular weight excluding hydrogens is 166 g/mol. The first-order chi connectivity index (χ1) is 6.10. The van der Waals surface area contributed by atoms with Crippen LogP contribution in [0.25, 0.3) is 0 Å².